The largest absolute Gasteiger partial charge is 0.496 e. The van der Waals surface area contributed by atoms with Crippen molar-refractivity contribution in [2.75, 3.05) is 90.2 Å². The van der Waals surface area contributed by atoms with Crippen molar-refractivity contribution < 1.29 is 71.3 Å². The van der Waals surface area contributed by atoms with E-state index in [-0.39, 0.29) is 42.5 Å². The molecule has 8 N–H and O–H groups in total. The number of methoxy groups -OCH3 is 1. The molecule has 2 aliphatic heterocycles. The van der Waals surface area contributed by atoms with E-state index in [0.717, 1.165) is 218 Å². The quantitative estimate of drug-likeness (QED) is 0.0445. The summed E-state index contributed by atoms with van der Waals surface area (Å²) in [5, 5.41) is 18.6. The number of hydrogen-bond acceptors (Lipinski definition) is 17. The molecule has 0 spiro atoms. The number of aryl methyl sites for hydroxylation is 4. The molecule has 0 saturated carbocycles. The number of hydrogen-bond donors (Lipinski definition) is 5. The van der Waals surface area contributed by atoms with Crippen LogP contribution in [0, 0.1) is 11.6 Å². The van der Waals surface area contributed by atoms with Crippen LogP contribution in [0.1, 0.15) is 167 Å². The maximum Gasteiger partial charge on any atom is 0.193 e. The molecule has 12 aromatic rings. The lowest BCUT2D eigenvalue weighted by atomic mass is 9.95. The standard InChI is InChI=1S/C28H27F2NO3.C28H29NO4.C25H25NO4.C23H21NO2/c29-22-7-5-21(26(30)18-22)17-19-4-8-23-20(16-19)6-9-24-25(28(23)32)2-1-3-27(24)34-15-12-31-10-13-33-14-11-31;1-28(2)32-17-21(33-28)16-31-26-9-5-7-24-23(26)13-11-19-14-18(10-12-22(19)27(24)30)15-20-6-3-4-8-25(20)29;26-23-6-2-1-4-18(23)13-16-8-10-20-17(12-16)9-11-21-22(25(20)29)5-3-7-24(21)30-15-19(28)14-27;1-26-22-8-4-6-20-19(22)12-10-16-13-15(9-11-18(16)23(20)25)14-17-5-2-3-7-21(17)24/h1-5,7-8,16,18H,6,9-15,17H2;3-10,12,14,21H,11,13,15-17,29H2,1-2H3;1-8,10,12,19,27-28H,9,11,13-15,26H2;2-9,11,13H,10,12,14,24H2,1H3. The average Bonchev–Trinajstić information content (AvgIpc) is 1.67. The molecule has 0 radical (unpaired) electrons. The second-order valence-corrected chi connectivity index (χ2v) is 32.4. The molecule has 2 heterocycles. The Kier molecular flexibility index (Phi) is 27.2. The number of anilines is 3. The zero-order chi connectivity index (χ0) is 85.7. The molecule has 2 saturated heterocycles. The predicted molar refractivity (Wildman–Crippen MR) is 473 cm³/mol. The summed E-state index contributed by atoms with van der Waals surface area (Å²) in [5.41, 5.74) is 42.3. The Labute approximate surface area is 716 Å². The van der Waals surface area contributed by atoms with E-state index < -0.39 is 23.5 Å². The summed E-state index contributed by atoms with van der Waals surface area (Å²) in [6.07, 6.45) is 7.41. The van der Waals surface area contributed by atoms with Crippen molar-refractivity contribution in [3.63, 3.8) is 0 Å². The summed E-state index contributed by atoms with van der Waals surface area (Å²) < 4.78 is 67.7. The van der Waals surface area contributed by atoms with Crippen LogP contribution in [0.2, 0.25) is 0 Å². The highest BCUT2D eigenvalue weighted by Crippen LogP contribution is 2.38. The molecule has 4 aliphatic carbocycles. The number of fused-ring (bicyclic) bond motifs is 8. The molecule has 2 atom stereocenters. The highest BCUT2D eigenvalue weighted by Gasteiger charge is 2.35. The van der Waals surface area contributed by atoms with Gasteiger partial charge in [0.1, 0.15) is 66.7 Å². The molecule has 0 amide bonds. The van der Waals surface area contributed by atoms with Crippen LogP contribution >= 0.6 is 0 Å². The van der Waals surface area contributed by atoms with Crippen molar-refractivity contribution in [3.8, 4) is 23.0 Å². The van der Waals surface area contributed by atoms with Crippen LogP contribution in [-0.4, -0.2) is 129 Å². The fourth-order valence-electron chi connectivity index (χ4n) is 17.1. The van der Waals surface area contributed by atoms with E-state index in [9.17, 15) is 33.1 Å². The SMILES string of the molecule is CC1(C)OCC(COc2cccc3c2CCc2cc(Cc4ccccc4N)ccc2C3=O)O1.COc1cccc2c1CCc1cc(Cc3ccccc3N)ccc1C2=O.Nc1ccccc1Cc1ccc2c(c1)CCc1c(OCC(O)CO)cccc1C2=O.O=C1c2ccc(Cc3ccc(F)cc3F)cc2CCc2c(OCCN3CCOCC3)cccc21. The second kappa shape index (κ2) is 39.2. The lowest BCUT2D eigenvalue weighted by Crippen LogP contribution is -2.38. The van der Waals surface area contributed by atoms with Gasteiger partial charge < -0.3 is 60.6 Å². The Morgan fingerprint density at radius 1 is 0.439 bits per heavy atom. The van der Waals surface area contributed by atoms with Gasteiger partial charge in [-0.05, 0) is 200 Å². The van der Waals surface area contributed by atoms with E-state index in [1.165, 1.54) is 17.7 Å². The minimum Gasteiger partial charge on any atom is -0.496 e. The molecule has 18 rings (SSSR count). The van der Waals surface area contributed by atoms with Crippen LogP contribution in [-0.2, 0) is 91.3 Å². The van der Waals surface area contributed by atoms with Gasteiger partial charge >= 0.3 is 0 Å². The molecule has 12 aromatic carbocycles. The average molecular weight is 1650 g/mol. The van der Waals surface area contributed by atoms with Crippen molar-refractivity contribution in [1.82, 2.24) is 4.90 Å². The number of morpholine rings is 1. The lowest BCUT2D eigenvalue weighted by Gasteiger charge is -2.26. The Morgan fingerprint density at radius 3 is 1.20 bits per heavy atom. The third-order valence-corrected chi connectivity index (χ3v) is 23.6. The Bertz CT molecular complexity index is 5900. The molecule has 0 bridgehead atoms. The fraction of sp³-hybridized carbons (Fsp3) is 0.269. The van der Waals surface area contributed by atoms with E-state index in [2.05, 4.69) is 23.1 Å². The number of aliphatic hydroxyl groups is 2. The number of aliphatic hydroxyl groups excluding tert-OH is 2. The van der Waals surface area contributed by atoms with Crippen molar-refractivity contribution in [3.05, 3.63) is 382 Å². The van der Waals surface area contributed by atoms with E-state index in [4.69, 9.17) is 55.5 Å². The maximum absolute atomic E-state index is 14.1. The number of rotatable bonds is 20. The van der Waals surface area contributed by atoms with Gasteiger partial charge in [-0.3, -0.25) is 24.1 Å². The number of ether oxygens (including phenoxy) is 7. The fourth-order valence-corrected chi connectivity index (χ4v) is 17.1. The van der Waals surface area contributed by atoms with Crippen LogP contribution in [0.4, 0.5) is 25.8 Å². The number of para-hydroxylation sites is 3. The normalized spacial score (nSPS) is 15.6. The van der Waals surface area contributed by atoms with Gasteiger partial charge in [0, 0.05) is 116 Å². The number of benzene rings is 12. The predicted octanol–water partition coefficient (Wildman–Crippen LogP) is 16.4. The minimum atomic E-state index is -0.951. The van der Waals surface area contributed by atoms with Gasteiger partial charge in [-0.2, -0.15) is 0 Å². The molecular formula is C104H102F2N4O13. The van der Waals surface area contributed by atoms with Crippen molar-refractivity contribution in [1.29, 1.82) is 0 Å². The number of halogens is 2. The van der Waals surface area contributed by atoms with Crippen LogP contribution < -0.4 is 36.1 Å². The van der Waals surface area contributed by atoms with E-state index in [1.807, 2.05) is 202 Å². The van der Waals surface area contributed by atoms with Crippen LogP contribution in [0.3, 0.4) is 0 Å². The van der Waals surface area contributed by atoms with Crippen molar-refractivity contribution >= 4 is 40.2 Å². The Balaban J connectivity index is 0.000000128. The molecule has 0 aromatic heterocycles. The van der Waals surface area contributed by atoms with Gasteiger partial charge in [0.25, 0.3) is 0 Å². The van der Waals surface area contributed by atoms with Gasteiger partial charge in [-0.1, -0.05) is 182 Å². The van der Waals surface area contributed by atoms with E-state index in [1.54, 1.807) is 19.2 Å². The molecule has 2 fully saturated rings. The lowest BCUT2D eigenvalue weighted by molar-refractivity contribution is -0.141. The number of carbonyl (C=O) groups is 4. The van der Waals surface area contributed by atoms with Crippen molar-refractivity contribution in [2.24, 2.45) is 0 Å². The van der Waals surface area contributed by atoms with Crippen LogP contribution in [0.5, 0.6) is 23.0 Å². The summed E-state index contributed by atoms with van der Waals surface area (Å²) in [4.78, 5) is 55.4. The first-order valence-corrected chi connectivity index (χ1v) is 42.1. The van der Waals surface area contributed by atoms with Gasteiger partial charge in [0.05, 0.1) is 33.5 Å². The summed E-state index contributed by atoms with van der Waals surface area (Å²) >= 11 is 0. The number of carbonyl (C=O) groups excluding carboxylic acids is 4. The highest BCUT2D eigenvalue weighted by atomic mass is 19.1. The van der Waals surface area contributed by atoms with Gasteiger partial charge in [-0.25, -0.2) is 8.78 Å². The summed E-state index contributed by atoms with van der Waals surface area (Å²) in [5.74, 6) is 1.26. The Hall–Kier alpha value is -12.5. The molecule has 6 aliphatic rings. The molecule has 19 heteroatoms. The minimum absolute atomic E-state index is 0.0133. The molecule has 2 unspecified atom stereocenters. The summed E-state index contributed by atoms with van der Waals surface area (Å²) in [6.45, 7) is 9.02. The molecule has 17 nitrogen and oxygen atoms in total. The summed E-state index contributed by atoms with van der Waals surface area (Å²) in [7, 11) is 1.65. The molecule has 630 valence electrons. The first-order valence-electron chi connectivity index (χ1n) is 42.1. The zero-order valence-electron chi connectivity index (χ0n) is 69.5. The third-order valence-electron chi connectivity index (χ3n) is 23.6. The number of ketones is 4. The topological polar surface area (TPSA) is 255 Å². The Morgan fingerprint density at radius 2 is 0.821 bits per heavy atom. The smallest absolute Gasteiger partial charge is 0.193 e. The van der Waals surface area contributed by atoms with Gasteiger partial charge in [0.15, 0.2) is 28.9 Å². The van der Waals surface area contributed by atoms with Gasteiger partial charge in [-0.15, -0.1) is 0 Å². The van der Waals surface area contributed by atoms with Crippen LogP contribution in [0.25, 0.3) is 0 Å². The second-order valence-electron chi connectivity index (χ2n) is 32.4. The zero-order valence-corrected chi connectivity index (χ0v) is 69.5. The van der Waals surface area contributed by atoms with E-state index >= 15 is 0 Å². The monoisotopic (exact) mass is 1650 g/mol. The van der Waals surface area contributed by atoms with Gasteiger partial charge in [0.2, 0.25) is 0 Å². The van der Waals surface area contributed by atoms with E-state index in [0.29, 0.717) is 85.5 Å². The third kappa shape index (κ3) is 20.5. The molecular weight excluding hydrogens is 1550 g/mol. The number of nitrogen functional groups attached to an aromatic ring is 3. The summed E-state index contributed by atoms with van der Waals surface area (Å²) in [6, 6.07) is 73.7. The first-order chi connectivity index (χ1) is 59.7. The van der Waals surface area contributed by atoms with Crippen LogP contribution in [0.15, 0.2) is 237 Å². The number of nitrogens with two attached hydrogens (primary N) is 3. The highest BCUT2D eigenvalue weighted by molar-refractivity contribution is 6.14. The number of nitrogens with zero attached hydrogens (tertiary/aromatic N) is 1. The molecule has 123 heavy (non-hydrogen) atoms. The van der Waals surface area contributed by atoms with Crippen molar-refractivity contribution in [2.45, 2.75) is 109 Å². The maximum atomic E-state index is 14.1. The first kappa shape index (κ1) is 85.5.